The van der Waals surface area contributed by atoms with Crippen LogP contribution in [0.4, 0.5) is 0 Å². The van der Waals surface area contributed by atoms with Gasteiger partial charge in [-0.05, 0) is 5.57 Å². The quantitative estimate of drug-likeness (QED) is 0.589. The van der Waals surface area contributed by atoms with E-state index in [2.05, 4.69) is 0 Å². The van der Waals surface area contributed by atoms with Crippen LogP contribution in [-0.4, -0.2) is 39.6 Å². The van der Waals surface area contributed by atoms with Crippen molar-refractivity contribution in [3.63, 3.8) is 0 Å². The molecule has 0 saturated carbocycles. The lowest BCUT2D eigenvalue weighted by molar-refractivity contribution is -0.148. The largest absolute Gasteiger partial charge is 0.477 e. The molecule has 2 aliphatic heterocycles. The summed E-state index contributed by atoms with van der Waals surface area (Å²) in [4.78, 5) is 23.4. The number of carbonyl (C=O) groups is 2. The van der Waals surface area contributed by atoms with E-state index >= 15 is 0 Å². The number of fused-ring (bicyclic) bond motifs is 1. The van der Waals surface area contributed by atoms with Crippen LogP contribution in [0.1, 0.15) is 13.3 Å². The number of carbonyl (C=O) groups excluding carboxylic acids is 1. The predicted molar refractivity (Wildman–Crippen MR) is 46.2 cm³/mol. The molecule has 76 valence electrons. The molecule has 5 heteroatoms. The molecule has 2 rings (SSSR count). The molecule has 0 spiro atoms. The van der Waals surface area contributed by atoms with Crippen LogP contribution in [0.5, 0.6) is 0 Å². The predicted octanol–water partition coefficient (Wildman–Crippen LogP) is -0.432. The van der Waals surface area contributed by atoms with Crippen LogP contribution in [-0.2, 0) is 9.59 Å². The summed E-state index contributed by atoms with van der Waals surface area (Å²) in [6.45, 7) is 1.55. The zero-order chi connectivity index (χ0) is 10.5. The lowest BCUT2D eigenvalue weighted by Crippen LogP contribution is -2.51. The molecule has 2 atom stereocenters. The molecule has 1 amide bonds. The second-order valence-electron chi connectivity index (χ2n) is 3.66. The van der Waals surface area contributed by atoms with E-state index in [1.54, 1.807) is 0 Å². The molecule has 0 aromatic heterocycles. The van der Waals surface area contributed by atoms with E-state index in [0.717, 1.165) is 0 Å². The number of hydrogen-bond donors (Lipinski definition) is 2. The van der Waals surface area contributed by atoms with Crippen LogP contribution >= 0.6 is 0 Å². The van der Waals surface area contributed by atoms with Gasteiger partial charge in [-0.3, -0.25) is 4.79 Å². The smallest absolute Gasteiger partial charge is 0.352 e. The molecule has 0 aliphatic carbocycles. The second-order valence-corrected chi connectivity index (χ2v) is 3.66. The Hall–Kier alpha value is -1.36. The number of amides is 1. The van der Waals surface area contributed by atoms with Crippen LogP contribution < -0.4 is 0 Å². The molecular weight excluding hydrogens is 186 g/mol. The van der Waals surface area contributed by atoms with Gasteiger partial charge in [0.25, 0.3) is 0 Å². The number of nitrogens with zero attached hydrogens (tertiary/aromatic N) is 1. The number of aliphatic carboxylic acids is 1. The SMILES string of the molecule is CC1C(CO)=C(C(=O)O)N2C(=O)CC12. The maximum absolute atomic E-state index is 11.2. The van der Waals surface area contributed by atoms with Gasteiger partial charge in [-0.15, -0.1) is 0 Å². The fraction of sp³-hybridized carbons (Fsp3) is 0.556. The van der Waals surface area contributed by atoms with Crippen LogP contribution in [0.25, 0.3) is 0 Å². The Kier molecular flexibility index (Phi) is 1.85. The van der Waals surface area contributed by atoms with Crippen molar-refractivity contribution in [1.29, 1.82) is 0 Å². The number of β-lactam (4-membered cyclic amide) rings is 1. The van der Waals surface area contributed by atoms with E-state index in [4.69, 9.17) is 10.2 Å². The zero-order valence-corrected chi connectivity index (χ0v) is 7.73. The first-order chi connectivity index (χ1) is 6.57. The Bertz CT molecular complexity index is 347. The molecule has 2 N–H and O–H groups in total. The third-order valence-corrected chi connectivity index (χ3v) is 3.03. The van der Waals surface area contributed by atoms with Gasteiger partial charge >= 0.3 is 5.97 Å². The van der Waals surface area contributed by atoms with E-state index in [1.165, 1.54) is 4.90 Å². The van der Waals surface area contributed by atoms with Gasteiger partial charge in [-0.25, -0.2) is 4.79 Å². The van der Waals surface area contributed by atoms with Crippen LogP contribution in [0, 0.1) is 5.92 Å². The highest BCUT2D eigenvalue weighted by Crippen LogP contribution is 2.41. The Morgan fingerprint density at radius 3 is 2.71 bits per heavy atom. The van der Waals surface area contributed by atoms with Crippen molar-refractivity contribution in [2.24, 2.45) is 5.92 Å². The Morgan fingerprint density at radius 1 is 1.64 bits per heavy atom. The number of hydrogen-bond acceptors (Lipinski definition) is 3. The number of carboxylic acid groups (broad SMARTS) is 1. The molecule has 0 aromatic carbocycles. The van der Waals surface area contributed by atoms with Gasteiger partial charge in [0.1, 0.15) is 5.70 Å². The van der Waals surface area contributed by atoms with Crippen LogP contribution in [0.15, 0.2) is 11.3 Å². The number of carboxylic acids is 1. The molecule has 2 unspecified atom stereocenters. The minimum Gasteiger partial charge on any atom is -0.477 e. The second kappa shape index (κ2) is 2.81. The molecule has 1 saturated heterocycles. The van der Waals surface area contributed by atoms with Crippen molar-refractivity contribution in [2.45, 2.75) is 19.4 Å². The van der Waals surface area contributed by atoms with E-state index in [1.807, 2.05) is 6.92 Å². The number of aliphatic hydroxyl groups is 1. The summed E-state index contributed by atoms with van der Waals surface area (Å²) in [7, 11) is 0. The topological polar surface area (TPSA) is 77.8 Å². The first-order valence-electron chi connectivity index (χ1n) is 4.47. The minimum atomic E-state index is -1.13. The van der Waals surface area contributed by atoms with Crippen molar-refractivity contribution >= 4 is 11.9 Å². The van der Waals surface area contributed by atoms with Crippen molar-refractivity contribution in [3.8, 4) is 0 Å². The Balaban J connectivity index is 2.42. The molecule has 0 aromatic rings. The van der Waals surface area contributed by atoms with Gasteiger partial charge in [0.05, 0.1) is 12.6 Å². The van der Waals surface area contributed by atoms with Gasteiger partial charge in [0.15, 0.2) is 0 Å². The summed E-state index contributed by atoms with van der Waals surface area (Å²) in [6.07, 6.45) is 0.390. The van der Waals surface area contributed by atoms with Gasteiger partial charge in [0, 0.05) is 12.3 Å². The first kappa shape index (κ1) is 9.21. The summed E-state index contributed by atoms with van der Waals surface area (Å²) >= 11 is 0. The lowest BCUT2D eigenvalue weighted by Gasteiger charge is -2.37. The van der Waals surface area contributed by atoms with E-state index < -0.39 is 5.97 Å². The van der Waals surface area contributed by atoms with E-state index in [-0.39, 0.29) is 30.2 Å². The average Bonchev–Trinajstić information content (AvgIpc) is 2.34. The molecular formula is C9H11NO4. The maximum Gasteiger partial charge on any atom is 0.352 e. The fourth-order valence-electron chi connectivity index (χ4n) is 2.19. The minimum absolute atomic E-state index is 0.0127. The highest BCUT2D eigenvalue weighted by Gasteiger charge is 2.51. The molecule has 5 nitrogen and oxygen atoms in total. The molecule has 2 heterocycles. The van der Waals surface area contributed by atoms with Crippen LogP contribution in [0.3, 0.4) is 0 Å². The Labute approximate surface area is 80.6 Å². The van der Waals surface area contributed by atoms with Gasteiger partial charge in [-0.1, -0.05) is 6.92 Å². The fourth-order valence-corrected chi connectivity index (χ4v) is 2.19. The maximum atomic E-state index is 11.2. The molecule has 0 radical (unpaired) electrons. The van der Waals surface area contributed by atoms with Crippen molar-refractivity contribution in [2.75, 3.05) is 6.61 Å². The molecule has 2 aliphatic rings. The normalized spacial score (nSPS) is 30.4. The third-order valence-electron chi connectivity index (χ3n) is 3.03. The van der Waals surface area contributed by atoms with E-state index in [0.29, 0.717) is 12.0 Å². The molecule has 0 bridgehead atoms. The summed E-state index contributed by atoms with van der Waals surface area (Å²) in [5.74, 6) is -1.33. The lowest BCUT2D eigenvalue weighted by atomic mass is 9.90. The van der Waals surface area contributed by atoms with E-state index in [9.17, 15) is 9.59 Å². The standard InChI is InChI=1S/C9H11NO4/c1-4-5(3-11)8(9(13)14)10-6(4)2-7(10)12/h4,6,11H,2-3H2,1H3,(H,13,14). The summed E-state index contributed by atoms with van der Waals surface area (Å²) in [5, 5.41) is 18.0. The zero-order valence-electron chi connectivity index (χ0n) is 7.73. The summed E-state index contributed by atoms with van der Waals surface area (Å²) in [6, 6.07) is -0.0456. The summed E-state index contributed by atoms with van der Waals surface area (Å²) < 4.78 is 0. The molecule has 1 fully saturated rings. The van der Waals surface area contributed by atoms with Gasteiger partial charge in [-0.2, -0.15) is 0 Å². The first-order valence-corrected chi connectivity index (χ1v) is 4.47. The van der Waals surface area contributed by atoms with Gasteiger partial charge < -0.3 is 15.1 Å². The van der Waals surface area contributed by atoms with Crippen LogP contribution in [0.2, 0.25) is 0 Å². The highest BCUT2D eigenvalue weighted by atomic mass is 16.4. The van der Waals surface area contributed by atoms with Crippen molar-refractivity contribution in [3.05, 3.63) is 11.3 Å². The van der Waals surface area contributed by atoms with Crippen molar-refractivity contribution in [1.82, 2.24) is 4.90 Å². The Morgan fingerprint density at radius 2 is 2.29 bits per heavy atom. The molecule has 14 heavy (non-hydrogen) atoms. The van der Waals surface area contributed by atoms with Crippen molar-refractivity contribution < 1.29 is 19.8 Å². The highest BCUT2D eigenvalue weighted by molar-refractivity contribution is 5.98. The average molecular weight is 197 g/mol. The monoisotopic (exact) mass is 197 g/mol. The third kappa shape index (κ3) is 0.928. The number of rotatable bonds is 2. The summed E-state index contributed by atoms with van der Waals surface area (Å²) in [5.41, 5.74) is 0.453. The number of aliphatic hydroxyl groups excluding tert-OH is 1. The van der Waals surface area contributed by atoms with Gasteiger partial charge in [0.2, 0.25) is 5.91 Å².